The van der Waals surface area contributed by atoms with Gasteiger partial charge in [-0.05, 0) is 37.8 Å². The van der Waals surface area contributed by atoms with Crippen LogP contribution in [-0.4, -0.2) is 23.5 Å². The van der Waals surface area contributed by atoms with E-state index in [-0.39, 0.29) is 17.0 Å². The van der Waals surface area contributed by atoms with Crippen LogP contribution >= 0.6 is 0 Å². The Balaban J connectivity index is 2.26. The molecule has 21 heavy (non-hydrogen) atoms. The van der Waals surface area contributed by atoms with Crippen LogP contribution in [0.25, 0.3) is 0 Å². The third-order valence-corrected chi connectivity index (χ3v) is 3.66. The molecular weight excluding hydrogens is 274 g/mol. The van der Waals surface area contributed by atoms with Gasteiger partial charge in [-0.3, -0.25) is 14.9 Å². The van der Waals surface area contributed by atoms with Crippen LogP contribution in [0.5, 0.6) is 5.75 Å². The van der Waals surface area contributed by atoms with Gasteiger partial charge < -0.3 is 10.1 Å². The minimum absolute atomic E-state index is 0.0902. The zero-order valence-corrected chi connectivity index (χ0v) is 11.6. The predicted molar refractivity (Wildman–Crippen MR) is 73.9 cm³/mol. The van der Waals surface area contributed by atoms with Crippen LogP contribution in [0.3, 0.4) is 0 Å². The van der Waals surface area contributed by atoms with Crippen molar-refractivity contribution in [2.24, 2.45) is 0 Å². The molecule has 0 radical (unpaired) electrons. The Morgan fingerprint density at radius 3 is 2.67 bits per heavy atom. The van der Waals surface area contributed by atoms with Crippen molar-refractivity contribution in [1.82, 2.24) is 5.32 Å². The summed E-state index contributed by atoms with van der Waals surface area (Å²) in [6, 6.07) is 6.13. The Hall–Kier alpha value is -2.62. The van der Waals surface area contributed by atoms with E-state index in [1.165, 1.54) is 19.2 Å². The van der Waals surface area contributed by atoms with Crippen LogP contribution in [0.4, 0.5) is 5.69 Å². The van der Waals surface area contributed by atoms with Crippen LogP contribution in [0.15, 0.2) is 18.2 Å². The van der Waals surface area contributed by atoms with Crippen molar-refractivity contribution in [3.05, 3.63) is 33.9 Å². The smallest absolute Gasteiger partial charge is 0.311 e. The Morgan fingerprint density at radius 1 is 1.48 bits per heavy atom. The molecule has 1 aromatic rings. The average molecular weight is 289 g/mol. The lowest BCUT2D eigenvalue weighted by atomic mass is 9.99. The number of methoxy groups -OCH3 is 1. The molecule has 0 saturated heterocycles. The van der Waals surface area contributed by atoms with Crippen molar-refractivity contribution in [1.29, 1.82) is 5.26 Å². The Morgan fingerprint density at radius 2 is 2.14 bits per heavy atom. The van der Waals surface area contributed by atoms with E-state index >= 15 is 0 Å². The number of rotatable bonds is 4. The van der Waals surface area contributed by atoms with Gasteiger partial charge in [0.05, 0.1) is 18.1 Å². The minimum atomic E-state index is -0.855. The van der Waals surface area contributed by atoms with Crippen LogP contribution in [0, 0.1) is 21.4 Å². The van der Waals surface area contributed by atoms with E-state index in [1.54, 1.807) is 0 Å². The van der Waals surface area contributed by atoms with Crippen LogP contribution in [0.1, 0.15) is 36.0 Å². The fourth-order valence-electron chi connectivity index (χ4n) is 2.51. The quantitative estimate of drug-likeness (QED) is 0.675. The van der Waals surface area contributed by atoms with Crippen LogP contribution < -0.4 is 10.1 Å². The summed E-state index contributed by atoms with van der Waals surface area (Å²) >= 11 is 0. The maximum atomic E-state index is 12.2. The molecule has 0 unspecified atom stereocenters. The monoisotopic (exact) mass is 289 g/mol. The van der Waals surface area contributed by atoms with Gasteiger partial charge in [0.2, 0.25) is 0 Å². The Labute approximate surface area is 121 Å². The number of carbonyl (C=O) groups is 1. The summed E-state index contributed by atoms with van der Waals surface area (Å²) in [6.07, 6.45) is 2.98. The first-order chi connectivity index (χ1) is 10.0. The number of ether oxygens (including phenoxy) is 1. The lowest BCUT2D eigenvalue weighted by Gasteiger charge is -2.21. The molecular formula is C14H15N3O4. The zero-order chi connectivity index (χ0) is 15.5. The van der Waals surface area contributed by atoms with Crippen molar-refractivity contribution >= 4 is 11.6 Å². The molecule has 1 amide bonds. The summed E-state index contributed by atoms with van der Waals surface area (Å²) in [7, 11) is 1.32. The third kappa shape index (κ3) is 2.94. The molecule has 0 heterocycles. The number of nitrogens with zero attached hydrogens (tertiary/aromatic N) is 2. The Bertz CT molecular complexity index is 615. The summed E-state index contributed by atoms with van der Waals surface area (Å²) in [4.78, 5) is 22.6. The SMILES string of the molecule is COc1ccc(C(=O)NC2(C#N)CCCC2)cc1[N+](=O)[O-]. The average Bonchev–Trinajstić information content (AvgIpc) is 2.95. The number of carbonyl (C=O) groups excluding carboxylic acids is 1. The van der Waals surface area contributed by atoms with Crippen LogP contribution in [-0.2, 0) is 0 Å². The maximum Gasteiger partial charge on any atom is 0.311 e. The number of hydrogen-bond acceptors (Lipinski definition) is 5. The van der Waals surface area contributed by atoms with Gasteiger partial charge in [-0.2, -0.15) is 5.26 Å². The summed E-state index contributed by atoms with van der Waals surface area (Å²) < 4.78 is 4.89. The second-order valence-corrected chi connectivity index (χ2v) is 5.00. The lowest BCUT2D eigenvalue weighted by molar-refractivity contribution is -0.385. The van der Waals surface area contributed by atoms with Gasteiger partial charge in [0, 0.05) is 11.6 Å². The van der Waals surface area contributed by atoms with Gasteiger partial charge in [0.25, 0.3) is 5.91 Å². The van der Waals surface area contributed by atoms with E-state index in [9.17, 15) is 20.2 Å². The number of amides is 1. The molecule has 1 fully saturated rings. The minimum Gasteiger partial charge on any atom is -0.490 e. The summed E-state index contributed by atoms with van der Waals surface area (Å²) in [5.74, 6) is -0.392. The van der Waals surface area contributed by atoms with E-state index in [0.717, 1.165) is 18.9 Å². The summed E-state index contributed by atoms with van der Waals surface area (Å²) in [6.45, 7) is 0. The first-order valence-electron chi connectivity index (χ1n) is 6.57. The van der Waals surface area contributed by atoms with Gasteiger partial charge in [-0.1, -0.05) is 0 Å². The number of nitro groups is 1. The molecule has 1 aliphatic rings. The molecule has 0 bridgehead atoms. The van der Waals surface area contributed by atoms with E-state index in [4.69, 9.17) is 4.74 Å². The van der Waals surface area contributed by atoms with Crippen molar-refractivity contribution in [3.63, 3.8) is 0 Å². The first kappa shape index (κ1) is 14.8. The number of nitrogens with one attached hydrogen (secondary N) is 1. The molecule has 7 nitrogen and oxygen atoms in total. The number of benzene rings is 1. The zero-order valence-electron chi connectivity index (χ0n) is 11.6. The maximum absolute atomic E-state index is 12.2. The molecule has 1 N–H and O–H groups in total. The van der Waals surface area contributed by atoms with Crippen molar-refractivity contribution in [2.75, 3.05) is 7.11 Å². The number of nitro benzene ring substituents is 1. The first-order valence-corrected chi connectivity index (χ1v) is 6.57. The summed E-state index contributed by atoms with van der Waals surface area (Å²) in [5.41, 5.74) is -0.988. The molecule has 0 spiro atoms. The predicted octanol–water partition coefficient (Wildman–Crippen LogP) is 2.17. The van der Waals surface area contributed by atoms with Crippen molar-refractivity contribution in [2.45, 2.75) is 31.2 Å². The Kier molecular flexibility index (Phi) is 4.08. The van der Waals surface area contributed by atoms with Gasteiger partial charge in [0.15, 0.2) is 5.75 Å². The van der Waals surface area contributed by atoms with Crippen molar-refractivity contribution < 1.29 is 14.5 Å². The second-order valence-electron chi connectivity index (χ2n) is 5.00. The van der Waals surface area contributed by atoms with Gasteiger partial charge in [0.1, 0.15) is 5.54 Å². The fraction of sp³-hybridized carbons (Fsp3) is 0.429. The van der Waals surface area contributed by atoms with Gasteiger partial charge in [-0.15, -0.1) is 0 Å². The fourth-order valence-corrected chi connectivity index (χ4v) is 2.51. The molecule has 2 rings (SSSR count). The number of hydrogen-bond donors (Lipinski definition) is 1. The lowest BCUT2D eigenvalue weighted by Crippen LogP contribution is -2.45. The van der Waals surface area contributed by atoms with Gasteiger partial charge in [-0.25, -0.2) is 0 Å². The van der Waals surface area contributed by atoms with Gasteiger partial charge >= 0.3 is 5.69 Å². The highest BCUT2D eigenvalue weighted by atomic mass is 16.6. The van der Waals surface area contributed by atoms with E-state index < -0.39 is 16.4 Å². The van der Waals surface area contributed by atoms with E-state index in [2.05, 4.69) is 11.4 Å². The normalized spacial score (nSPS) is 16.0. The van der Waals surface area contributed by atoms with Crippen molar-refractivity contribution in [3.8, 4) is 11.8 Å². The van der Waals surface area contributed by atoms with Crippen LogP contribution in [0.2, 0.25) is 0 Å². The highest BCUT2D eigenvalue weighted by Crippen LogP contribution is 2.31. The molecule has 1 aliphatic carbocycles. The molecule has 0 atom stereocenters. The number of nitriles is 1. The topological polar surface area (TPSA) is 105 Å². The van der Waals surface area contributed by atoms with E-state index in [0.29, 0.717) is 12.8 Å². The summed E-state index contributed by atoms with van der Waals surface area (Å²) in [5, 5.41) is 22.9. The molecule has 1 aromatic carbocycles. The highest BCUT2D eigenvalue weighted by Gasteiger charge is 2.35. The second kappa shape index (κ2) is 5.79. The molecule has 1 saturated carbocycles. The molecule has 0 aliphatic heterocycles. The largest absolute Gasteiger partial charge is 0.490 e. The van der Waals surface area contributed by atoms with E-state index in [1.807, 2.05) is 0 Å². The highest BCUT2D eigenvalue weighted by molar-refractivity contribution is 5.96. The standard InChI is InChI=1S/C14H15N3O4/c1-21-12-5-4-10(8-11(12)17(19)20)13(18)16-14(9-15)6-2-3-7-14/h4-5,8H,2-3,6-7H2,1H3,(H,16,18). The molecule has 7 heteroatoms. The third-order valence-electron chi connectivity index (χ3n) is 3.66. The molecule has 110 valence electrons. The molecule has 0 aromatic heterocycles.